The normalized spacial score (nSPS) is 15.1. The predicted octanol–water partition coefficient (Wildman–Crippen LogP) is -2.78. The highest BCUT2D eigenvalue weighted by molar-refractivity contribution is 5.94. The molecule has 0 bridgehead atoms. The Kier molecular flexibility index (Phi) is 10.5. The molecule has 0 aliphatic rings. The molecule has 0 aliphatic carbocycles. The van der Waals surface area contributed by atoms with Crippen molar-refractivity contribution in [3.8, 4) is 0 Å². The first kappa shape index (κ1) is 29.2. The molecule has 37 heavy (non-hydrogen) atoms. The van der Waals surface area contributed by atoms with E-state index in [0.717, 1.165) is 16.5 Å². The number of fused-ring (bicyclic) bond motifs is 1. The van der Waals surface area contributed by atoms with Crippen molar-refractivity contribution in [3.05, 3.63) is 36.0 Å². The Morgan fingerprint density at radius 1 is 1.00 bits per heavy atom. The molecule has 0 saturated carbocycles. The molecule has 0 fully saturated rings. The fourth-order valence-electron chi connectivity index (χ4n) is 3.57. The standard InChI is InChI=1S/C23H32N6O8/c1-11(31)19(29-20(33)14(24)8-12-9-26-15-5-3-2-4-13(12)15)22(35)28-17(10-30)21(34)27-16(23(36)37)6-7-18(25)32/h2-5,9,11,14,16-17,19,26,30-31H,6-8,10,24H2,1H3,(H2,25,32)(H,27,34)(H,28,35)(H,29,33)(H,36,37). The maximum atomic E-state index is 12.7. The fourth-order valence-corrected chi connectivity index (χ4v) is 3.57. The van der Waals surface area contributed by atoms with Gasteiger partial charge in [0.2, 0.25) is 23.6 Å². The first-order valence-electron chi connectivity index (χ1n) is 11.5. The summed E-state index contributed by atoms with van der Waals surface area (Å²) in [7, 11) is 0. The monoisotopic (exact) mass is 520 g/mol. The topological polar surface area (TPSA) is 250 Å². The quantitative estimate of drug-likeness (QED) is 0.125. The number of para-hydroxylation sites is 1. The number of carbonyl (C=O) groups excluding carboxylic acids is 4. The Labute approximate surface area is 211 Å². The van der Waals surface area contributed by atoms with Crippen LogP contribution in [0.2, 0.25) is 0 Å². The van der Waals surface area contributed by atoms with Crippen molar-refractivity contribution in [2.24, 2.45) is 11.5 Å². The molecule has 0 aliphatic heterocycles. The van der Waals surface area contributed by atoms with Crippen LogP contribution in [0.15, 0.2) is 30.5 Å². The van der Waals surface area contributed by atoms with Gasteiger partial charge in [-0.1, -0.05) is 18.2 Å². The Morgan fingerprint density at radius 2 is 1.65 bits per heavy atom. The van der Waals surface area contributed by atoms with E-state index in [-0.39, 0.29) is 19.3 Å². The van der Waals surface area contributed by atoms with E-state index in [2.05, 4.69) is 20.9 Å². The van der Waals surface area contributed by atoms with E-state index < -0.39 is 66.5 Å². The zero-order valence-electron chi connectivity index (χ0n) is 20.1. The van der Waals surface area contributed by atoms with E-state index in [0.29, 0.717) is 0 Å². The number of primary amides is 1. The second-order valence-electron chi connectivity index (χ2n) is 8.55. The van der Waals surface area contributed by atoms with E-state index in [1.165, 1.54) is 6.92 Å². The number of H-pyrrole nitrogens is 1. The minimum Gasteiger partial charge on any atom is -0.480 e. The van der Waals surface area contributed by atoms with Crippen molar-refractivity contribution in [1.29, 1.82) is 0 Å². The molecule has 2 rings (SSSR count). The van der Waals surface area contributed by atoms with Gasteiger partial charge in [-0.15, -0.1) is 0 Å². The van der Waals surface area contributed by atoms with Crippen molar-refractivity contribution in [1.82, 2.24) is 20.9 Å². The summed E-state index contributed by atoms with van der Waals surface area (Å²) >= 11 is 0. The largest absolute Gasteiger partial charge is 0.480 e. The number of amides is 4. The molecule has 1 heterocycles. The molecule has 1 aromatic heterocycles. The Morgan fingerprint density at radius 3 is 2.24 bits per heavy atom. The van der Waals surface area contributed by atoms with Crippen LogP contribution in [0.4, 0.5) is 0 Å². The number of carboxylic acid groups (broad SMARTS) is 1. The van der Waals surface area contributed by atoms with Crippen LogP contribution in [-0.4, -0.2) is 86.8 Å². The minimum absolute atomic E-state index is 0.132. The second-order valence-corrected chi connectivity index (χ2v) is 8.55. The summed E-state index contributed by atoms with van der Waals surface area (Å²) in [6.07, 6.45) is -0.178. The van der Waals surface area contributed by atoms with Crippen LogP contribution in [-0.2, 0) is 30.4 Å². The smallest absolute Gasteiger partial charge is 0.326 e. The summed E-state index contributed by atoms with van der Waals surface area (Å²) in [5.41, 5.74) is 12.7. The highest BCUT2D eigenvalue weighted by Gasteiger charge is 2.32. The summed E-state index contributed by atoms with van der Waals surface area (Å²) in [6, 6.07) is 1.69. The summed E-state index contributed by atoms with van der Waals surface area (Å²) in [5, 5.41) is 36.3. The highest BCUT2D eigenvalue weighted by Crippen LogP contribution is 2.18. The lowest BCUT2D eigenvalue weighted by Crippen LogP contribution is -2.60. The van der Waals surface area contributed by atoms with Gasteiger partial charge in [0.1, 0.15) is 18.1 Å². The van der Waals surface area contributed by atoms with E-state index in [1.54, 1.807) is 6.20 Å². The number of rotatable bonds is 14. The molecule has 1 aromatic carbocycles. The lowest BCUT2D eigenvalue weighted by Gasteiger charge is -2.25. The molecule has 0 saturated heterocycles. The molecule has 2 aromatic rings. The van der Waals surface area contributed by atoms with Crippen molar-refractivity contribution < 1.29 is 39.3 Å². The van der Waals surface area contributed by atoms with Crippen molar-refractivity contribution >= 4 is 40.5 Å². The summed E-state index contributed by atoms with van der Waals surface area (Å²) in [5.74, 6) is -5.03. The molecule has 14 heteroatoms. The van der Waals surface area contributed by atoms with E-state index in [1.807, 2.05) is 24.3 Å². The lowest BCUT2D eigenvalue weighted by molar-refractivity contribution is -0.143. The number of hydrogen-bond acceptors (Lipinski definition) is 8. The molecule has 5 unspecified atom stereocenters. The van der Waals surface area contributed by atoms with Gasteiger partial charge < -0.3 is 47.7 Å². The first-order valence-corrected chi connectivity index (χ1v) is 11.5. The Hall–Kier alpha value is -4.01. The molecule has 202 valence electrons. The maximum Gasteiger partial charge on any atom is 0.326 e. The van der Waals surface area contributed by atoms with Crippen molar-refractivity contribution in [2.45, 2.75) is 56.5 Å². The Bertz CT molecular complexity index is 1130. The third-order valence-electron chi connectivity index (χ3n) is 5.62. The number of nitrogens with two attached hydrogens (primary N) is 2. The molecular weight excluding hydrogens is 488 g/mol. The van der Waals surface area contributed by atoms with E-state index in [4.69, 9.17) is 11.5 Å². The van der Waals surface area contributed by atoms with E-state index in [9.17, 15) is 39.3 Å². The van der Waals surface area contributed by atoms with Gasteiger partial charge >= 0.3 is 5.97 Å². The van der Waals surface area contributed by atoms with Gasteiger partial charge in [-0.2, -0.15) is 0 Å². The zero-order chi connectivity index (χ0) is 27.7. The van der Waals surface area contributed by atoms with Gasteiger partial charge in [-0.3, -0.25) is 19.2 Å². The van der Waals surface area contributed by atoms with Crippen LogP contribution in [0.3, 0.4) is 0 Å². The number of hydrogen-bond donors (Lipinski definition) is 9. The molecule has 4 amide bonds. The maximum absolute atomic E-state index is 12.7. The number of aromatic amines is 1. The highest BCUT2D eigenvalue weighted by atomic mass is 16.4. The summed E-state index contributed by atoms with van der Waals surface area (Å²) in [6.45, 7) is 0.314. The van der Waals surface area contributed by atoms with Crippen molar-refractivity contribution in [2.75, 3.05) is 6.61 Å². The molecular formula is C23H32N6O8. The number of aliphatic carboxylic acids is 1. The lowest BCUT2D eigenvalue weighted by atomic mass is 10.0. The number of carbonyl (C=O) groups is 5. The van der Waals surface area contributed by atoms with Crippen LogP contribution in [0.1, 0.15) is 25.3 Å². The second kappa shape index (κ2) is 13.3. The van der Waals surface area contributed by atoms with Gasteiger partial charge in [-0.05, 0) is 31.4 Å². The van der Waals surface area contributed by atoms with Crippen LogP contribution in [0, 0.1) is 0 Å². The van der Waals surface area contributed by atoms with E-state index >= 15 is 0 Å². The number of carboxylic acids is 1. The first-order chi connectivity index (χ1) is 17.4. The summed E-state index contributed by atoms with van der Waals surface area (Å²) < 4.78 is 0. The summed E-state index contributed by atoms with van der Waals surface area (Å²) in [4.78, 5) is 63.2. The van der Waals surface area contributed by atoms with Crippen LogP contribution in [0.5, 0.6) is 0 Å². The number of benzene rings is 1. The third-order valence-corrected chi connectivity index (χ3v) is 5.62. The number of nitrogens with one attached hydrogen (secondary N) is 4. The molecule has 0 spiro atoms. The predicted molar refractivity (Wildman–Crippen MR) is 131 cm³/mol. The molecule has 14 nitrogen and oxygen atoms in total. The van der Waals surface area contributed by atoms with Gasteiger partial charge in [0.25, 0.3) is 0 Å². The van der Waals surface area contributed by atoms with Gasteiger partial charge in [0.05, 0.1) is 18.8 Å². The zero-order valence-corrected chi connectivity index (χ0v) is 20.1. The van der Waals surface area contributed by atoms with Gasteiger partial charge in [0, 0.05) is 23.5 Å². The molecule has 0 radical (unpaired) electrons. The number of aromatic nitrogens is 1. The number of aliphatic hydroxyl groups is 2. The van der Waals surface area contributed by atoms with Gasteiger partial charge in [0.15, 0.2) is 0 Å². The SMILES string of the molecule is CC(O)C(NC(=O)C(N)Cc1c[nH]c2ccccc12)C(=O)NC(CO)C(=O)NC(CCC(N)=O)C(=O)O. The van der Waals surface area contributed by atoms with Crippen LogP contribution < -0.4 is 27.4 Å². The average Bonchev–Trinajstić information content (AvgIpc) is 3.25. The van der Waals surface area contributed by atoms with Crippen molar-refractivity contribution in [3.63, 3.8) is 0 Å². The molecule has 5 atom stereocenters. The van der Waals surface area contributed by atoms with Gasteiger partial charge in [-0.25, -0.2) is 4.79 Å². The third kappa shape index (κ3) is 8.27. The number of aliphatic hydroxyl groups excluding tert-OH is 2. The molecule has 11 N–H and O–H groups in total. The minimum atomic E-state index is -1.61. The van der Waals surface area contributed by atoms with Crippen LogP contribution in [0.25, 0.3) is 10.9 Å². The van der Waals surface area contributed by atoms with Crippen LogP contribution >= 0.6 is 0 Å². The average molecular weight is 521 g/mol. The fraction of sp³-hybridized carbons (Fsp3) is 0.435. The Balaban J connectivity index is 2.02.